The zero-order valence-corrected chi connectivity index (χ0v) is 12.3. The van der Waals surface area contributed by atoms with E-state index >= 15 is 0 Å². The number of unbranched alkanes of at least 4 members (excludes halogenated alkanes) is 1. The summed E-state index contributed by atoms with van der Waals surface area (Å²) in [7, 11) is 1.38. The van der Waals surface area contributed by atoms with Crippen LogP contribution >= 0.6 is 0 Å². The molecule has 0 aliphatic carbocycles. The molecule has 0 unspecified atom stereocenters. The molecule has 0 fully saturated rings. The zero-order valence-electron chi connectivity index (χ0n) is 12.3. The molecule has 19 heavy (non-hydrogen) atoms. The van der Waals surface area contributed by atoms with Gasteiger partial charge < -0.3 is 19.5 Å². The quantitative estimate of drug-likeness (QED) is 0.540. The highest BCUT2D eigenvalue weighted by Crippen LogP contribution is 2.06. The lowest BCUT2D eigenvalue weighted by Crippen LogP contribution is -2.34. The van der Waals surface area contributed by atoms with Gasteiger partial charge in [0.1, 0.15) is 5.60 Å². The lowest BCUT2D eigenvalue weighted by Gasteiger charge is -2.19. The van der Waals surface area contributed by atoms with Crippen molar-refractivity contribution < 1.29 is 23.8 Å². The Morgan fingerprint density at radius 1 is 1.11 bits per heavy atom. The molecular formula is C13H25NO5. The van der Waals surface area contributed by atoms with Crippen molar-refractivity contribution in [3.8, 4) is 0 Å². The first-order valence-corrected chi connectivity index (χ1v) is 6.46. The van der Waals surface area contributed by atoms with Crippen LogP contribution in [0.15, 0.2) is 0 Å². The third-order valence-electron chi connectivity index (χ3n) is 2.06. The normalized spacial score (nSPS) is 10.9. The largest absolute Gasteiger partial charge is 0.469 e. The summed E-state index contributed by atoms with van der Waals surface area (Å²) in [5, 5.41) is 2.60. The van der Waals surface area contributed by atoms with Gasteiger partial charge >= 0.3 is 12.1 Å². The van der Waals surface area contributed by atoms with Crippen LogP contribution in [0.3, 0.4) is 0 Å². The van der Waals surface area contributed by atoms with Crippen LogP contribution in [0.5, 0.6) is 0 Å². The van der Waals surface area contributed by atoms with Crippen molar-refractivity contribution in [2.24, 2.45) is 0 Å². The summed E-state index contributed by atoms with van der Waals surface area (Å²) in [4.78, 5) is 22.1. The van der Waals surface area contributed by atoms with Crippen LogP contribution in [0.1, 0.15) is 40.0 Å². The summed E-state index contributed by atoms with van der Waals surface area (Å²) < 4.78 is 14.9. The first-order valence-electron chi connectivity index (χ1n) is 6.46. The molecule has 0 aromatic heterocycles. The van der Waals surface area contributed by atoms with Crippen molar-refractivity contribution in [1.82, 2.24) is 5.32 Å². The Balaban J connectivity index is 3.32. The smallest absolute Gasteiger partial charge is 0.407 e. The molecule has 0 aromatic carbocycles. The number of rotatable bonds is 8. The first kappa shape index (κ1) is 17.7. The topological polar surface area (TPSA) is 73.9 Å². The van der Waals surface area contributed by atoms with Crippen LogP contribution in [-0.4, -0.2) is 44.5 Å². The average Bonchev–Trinajstić information content (AvgIpc) is 2.29. The second-order valence-electron chi connectivity index (χ2n) is 5.07. The van der Waals surface area contributed by atoms with Gasteiger partial charge in [-0.15, -0.1) is 0 Å². The van der Waals surface area contributed by atoms with E-state index < -0.39 is 11.7 Å². The van der Waals surface area contributed by atoms with E-state index in [1.165, 1.54) is 7.11 Å². The number of nitrogens with one attached hydrogen (secondary N) is 1. The van der Waals surface area contributed by atoms with Gasteiger partial charge in [0.2, 0.25) is 0 Å². The third-order valence-corrected chi connectivity index (χ3v) is 2.06. The molecular weight excluding hydrogens is 250 g/mol. The van der Waals surface area contributed by atoms with Gasteiger partial charge in [0, 0.05) is 19.6 Å². The Morgan fingerprint density at radius 3 is 2.37 bits per heavy atom. The molecule has 0 aliphatic rings. The lowest BCUT2D eigenvalue weighted by molar-refractivity contribution is -0.140. The van der Waals surface area contributed by atoms with Crippen molar-refractivity contribution in [2.45, 2.75) is 45.6 Å². The van der Waals surface area contributed by atoms with Crippen LogP contribution < -0.4 is 5.32 Å². The van der Waals surface area contributed by atoms with Gasteiger partial charge in [-0.3, -0.25) is 4.79 Å². The molecule has 0 saturated heterocycles. The van der Waals surface area contributed by atoms with E-state index in [2.05, 4.69) is 10.1 Å². The summed E-state index contributed by atoms with van der Waals surface area (Å²) in [5.74, 6) is -0.202. The van der Waals surface area contributed by atoms with E-state index in [4.69, 9.17) is 9.47 Å². The summed E-state index contributed by atoms with van der Waals surface area (Å²) >= 11 is 0. The lowest BCUT2D eigenvalue weighted by atomic mass is 10.2. The van der Waals surface area contributed by atoms with E-state index in [0.717, 1.165) is 12.8 Å². The molecule has 0 atom stereocenters. The second kappa shape index (κ2) is 9.61. The number of hydrogen-bond donors (Lipinski definition) is 1. The molecule has 0 aromatic rings. The minimum atomic E-state index is -0.487. The van der Waals surface area contributed by atoms with Crippen LogP contribution in [0.25, 0.3) is 0 Å². The Hall–Kier alpha value is -1.30. The molecule has 6 heteroatoms. The van der Waals surface area contributed by atoms with Crippen LogP contribution in [-0.2, 0) is 19.0 Å². The highest BCUT2D eigenvalue weighted by Gasteiger charge is 2.15. The summed E-state index contributed by atoms with van der Waals surface area (Å²) in [6.45, 7) is 6.83. The van der Waals surface area contributed by atoms with Crippen LogP contribution in [0.4, 0.5) is 4.79 Å². The molecule has 1 N–H and O–H groups in total. The van der Waals surface area contributed by atoms with Gasteiger partial charge in [0.15, 0.2) is 0 Å². The van der Waals surface area contributed by atoms with E-state index in [9.17, 15) is 9.59 Å². The monoisotopic (exact) mass is 275 g/mol. The fourth-order valence-electron chi connectivity index (χ4n) is 1.22. The number of alkyl carbamates (subject to hydrolysis) is 1. The molecule has 0 radical (unpaired) electrons. The third kappa shape index (κ3) is 12.9. The highest BCUT2D eigenvalue weighted by molar-refractivity contribution is 5.69. The molecule has 6 nitrogen and oxygen atoms in total. The predicted molar refractivity (Wildman–Crippen MR) is 70.9 cm³/mol. The number of carbonyl (C=O) groups is 2. The second-order valence-corrected chi connectivity index (χ2v) is 5.07. The van der Waals surface area contributed by atoms with Gasteiger partial charge in [-0.25, -0.2) is 4.79 Å². The van der Waals surface area contributed by atoms with Gasteiger partial charge in [0.05, 0.1) is 13.7 Å². The van der Waals surface area contributed by atoms with Crippen molar-refractivity contribution >= 4 is 12.1 Å². The number of hydrogen-bond acceptors (Lipinski definition) is 5. The molecule has 0 bridgehead atoms. The van der Waals surface area contributed by atoms with E-state index in [-0.39, 0.29) is 5.97 Å². The minimum absolute atomic E-state index is 0.202. The molecule has 0 heterocycles. The standard InChI is InChI=1S/C13H25NO5/c1-13(2,3)19-12(16)14-8-10-18-9-6-5-7-11(15)17-4/h5-10H2,1-4H3,(H,14,16). The fourth-order valence-corrected chi connectivity index (χ4v) is 1.22. The number of amides is 1. The van der Waals surface area contributed by atoms with E-state index in [1.54, 1.807) is 0 Å². The van der Waals surface area contributed by atoms with E-state index in [1.807, 2.05) is 20.8 Å². The Kier molecular flexibility index (Phi) is 8.95. The number of carbonyl (C=O) groups excluding carboxylic acids is 2. The van der Waals surface area contributed by atoms with Gasteiger partial charge in [-0.2, -0.15) is 0 Å². The molecule has 1 amide bonds. The first-order chi connectivity index (χ1) is 8.85. The molecule has 112 valence electrons. The summed E-state index contributed by atoms with van der Waals surface area (Å²) in [6, 6.07) is 0. The van der Waals surface area contributed by atoms with Gasteiger partial charge in [0.25, 0.3) is 0 Å². The van der Waals surface area contributed by atoms with Gasteiger partial charge in [-0.1, -0.05) is 0 Å². The highest BCUT2D eigenvalue weighted by atomic mass is 16.6. The maximum Gasteiger partial charge on any atom is 0.407 e. The molecule has 0 rings (SSSR count). The Bertz CT molecular complexity index is 273. The Morgan fingerprint density at radius 2 is 1.79 bits per heavy atom. The van der Waals surface area contributed by atoms with E-state index in [0.29, 0.717) is 26.2 Å². The number of methoxy groups -OCH3 is 1. The van der Waals surface area contributed by atoms with Crippen molar-refractivity contribution in [2.75, 3.05) is 26.9 Å². The van der Waals surface area contributed by atoms with Crippen molar-refractivity contribution in [3.63, 3.8) is 0 Å². The maximum absolute atomic E-state index is 11.3. The fraction of sp³-hybridized carbons (Fsp3) is 0.846. The van der Waals surface area contributed by atoms with Crippen molar-refractivity contribution in [3.05, 3.63) is 0 Å². The number of esters is 1. The van der Waals surface area contributed by atoms with Gasteiger partial charge in [-0.05, 0) is 33.6 Å². The van der Waals surface area contributed by atoms with Crippen molar-refractivity contribution in [1.29, 1.82) is 0 Å². The summed E-state index contributed by atoms with van der Waals surface area (Å²) in [6.07, 6.45) is 1.51. The SMILES string of the molecule is COC(=O)CCCCOCCNC(=O)OC(C)(C)C. The molecule has 0 saturated carbocycles. The predicted octanol–water partition coefficient (Wildman–Crippen LogP) is 1.87. The average molecular weight is 275 g/mol. The Labute approximate surface area is 114 Å². The minimum Gasteiger partial charge on any atom is -0.469 e. The zero-order chi connectivity index (χ0) is 14.7. The molecule has 0 aliphatic heterocycles. The van der Waals surface area contributed by atoms with Crippen LogP contribution in [0.2, 0.25) is 0 Å². The molecule has 0 spiro atoms. The summed E-state index contributed by atoms with van der Waals surface area (Å²) in [5.41, 5.74) is -0.487. The maximum atomic E-state index is 11.3. The van der Waals surface area contributed by atoms with Crippen LogP contribution in [0, 0.1) is 0 Å². The number of ether oxygens (including phenoxy) is 3.